The van der Waals surface area contributed by atoms with E-state index in [0.717, 1.165) is 18.4 Å². The van der Waals surface area contributed by atoms with Crippen molar-refractivity contribution in [2.75, 3.05) is 6.61 Å². The van der Waals surface area contributed by atoms with Crippen molar-refractivity contribution in [1.82, 2.24) is 0 Å². The van der Waals surface area contributed by atoms with Gasteiger partial charge in [-0.15, -0.1) is 0 Å². The number of hydrogen-bond acceptors (Lipinski definition) is 3. The Bertz CT molecular complexity index is 502. The predicted octanol–water partition coefficient (Wildman–Crippen LogP) is 2.68. The van der Waals surface area contributed by atoms with E-state index in [1.165, 1.54) is 0 Å². The van der Waals surface area contributed by atoms with Crippen LogP contribution in [0.1, 0.15) is 37.3 Å². The number of carboxylic acids is 1. The fourth-order valence-electron chi connectivity index (χ4n) is 2.46. The maximum absolute atomic E-state index is 12.4. The molecule has 0 spiro atoms. The SMILES string of the molecule is CCOC(=O)C(CC1CC1)(C(=O)O)c1ccc(C)cc1. The van der Waals surface area contributed by atoms with Crippen molar-refractivity contribution in [2.24, 2.45) is 5.92 Å². The average Bonchev–Trinajstić information content (AvgIpc) is 3.21. The molecule has 108 valence electrons. The van der Waals surface area contributed by atoms with Crippen LogP contribution in [0.5, 0.6) is 0 Å². The highest BCUT2D eigenvalue weighted by Crippen LogP contribution is 2.43. The zero-order valence-corrected chi connectivity index (χ0v) is 11.9. The van der Waals surface area contributed by atoms with Crippen molar-refractivity contribution in [3.8, 4) is 0 Å². The van der Waals surface area contributed by atoms with Gasteiger partial charge in [0.15, 0.2) is 5.41 Å². The highest BCUT2D eigenvalue weighted by atomic mass is 16.5. The van der Waals surface area contributed by atoms with E-state index in [1.54, 1.807) is 19.1 Å². The van der Waals surface area contributed by atoms with Crippen molar-refractivity contribution >= 4 is 11.9 Å². The van der Waals surface area contributed by atoms with Crippen LogP contribution < -0.4 is 0 Å². The second-order valence-corrected chi connectivity index (χ2v) is 5.44. The third-order valence-electron chi connectivity index (χ3n) is 3.83. The second kappa shape index (κ2) is 5.65. The van der Waals surface area contributed by atoms with Gasteiger partial charge >= 0.3 is 11.9 Å². The fourth-order valence-corrected chi connectivity index (χ4v) is 2.46. The van der Waals surface area contributed by atoms with Gasteiger partial charge in [0.25, 0.3) is 0 Å². The summed E-state index contributed by atoms with van der Waals surface area (Å²) in [6, 6.07) is 7.11. The monoisotopic (exact) mass is 276 g/mol. The van der Waals surface area contributed by atoms with Gasteiger partial charge in [-0.2, -0.15) is 0 Å². The molecule has 1 unspecified atom stereocenters. The van der Waals surface area contributed by atoms with Gasteiger partial charge in [-0.25, -0.2) is 0 Å². The topological polar surface area (TPSA) is 63.6 Å². The van der Waals surface area contributed by atoms with E-state index in [2.05, 4.69) is 0 Å². The Morgan fingerprint density at radius 2 is 1.90 bits per heavy atom. The highest BCUT2D eigenvalue weighted by molar-refractivity contribution is 6.05. The summed E-state index contributed by atoms with van der Waals surface area (Å²) in [5, 5.41) is 9.72. The number of carboxylic acid groups (broad SMARTS) is 1. The van der Waals surface area contributed by atoms with Crippen LogP contribution >= 0.6 is 0 Å². The molecule has 0 radical (unpaired) electrons. The molecule has 1 fully saturated rings. The molecule has 1 aliphatic carbocycles. The van der Waals surface area contributed by atoms with Crippen LogP contribution in [-0.2, 0) is 19.7 Å². The Hall–Kier alpha value is -1.84. The van der Waals surface area contributed by atoms with E-state index in [9.17, 15) is 14.7 Å². The van der Waals surface area contributed by atoms with E-state index < -0.39 is 17.4 Å². The van der Waals surface area contributed by atoms with Gasteiger partial charge in [0.1, 0.15) is 0 Å². The van der Waals surface area contributed by atoms with Gasteiger partial charge in [-0.3, -0.25) is 9.59 Å². The number of aliphatic carboxylic acids is 1. The normalized spacial score (nSPS) is 17.3. The second-order valence-electron chi connectivity index (χ2n) is 5.44. The maximum atomic E-state index is 12.4. The van der Waals surface area contributed by atoms with Crippen LogP contribution in [0, 0.1) is 12.8 Å². The largest absolute Gasteiger partial charge is 0.480 e. The third kappa shape index (κ3) is 2.69. The molecule has 2 rings (SSSR count). The first-order valence-electron chi connectivity index (χ1n) is 6.98. The standard InChI is InChI=1S/C16H20O4/c1-3-20-15(19)16(14(17)18,10-12-6-7-12)13-8-4-11(2)5-9-13/h4-5,8-9,12H,3,6-7,10H2,1-2H3,(H,17,18). The molecule has 1 aromatic rings. The summed E-state index contributed by atoms with van der Waals surface area (Å²) in [4.78, 5) is 24.2. The van der Waals surface area contributed by atoms with Crippen molar-refractivity contribution in [3.63, 3.8) is 0 Å². The zero-order chi connectivity index (χ0) is 14.8. The Balaban J connectivity index is 2.46. The van der Waals surface area contributed by atoms with Crippen LogP contribution in [0.15, 0.2) is 24.3 Å². The number of aryl methyl sites for hydroxylation is 1. The minimum absolute atomic E-state index is 0.185. The molecule has 0 aromatic heterocycles. The molecule has 0 heterocycles. The highest BCUT2D eigenvalue weighted by Gasteiger charge is 2.52. The van der Waals surface area contributed by atoms with E-state index in [-0.39, 0.29) is 6.61 Å². The lowest BCUT2D eigenvalue weighted by atomic mass is 9.75. The van der Waals surface area contributed by atoms with Crippen molar-refractivity contribution in [2.45, 2.75) is 38.5 Å². The summed E-state index contributed by atoms with van der Waals surface area (Å²) >= 11 is 0. The molecule has 20 heavy (non-hydrogen) atoms. The van der Waals surface area contributed by atoms with Crippen LogP contribution in [0.25, 0.3) is 0 Å². The fraction of sp³-hybridized carbons (Fsp3) is 0.500. The quantitative estimate of drug-likeness (QED) is 0.641. The third-order valence-corrected chi connectivity index (χ3v) is 3.83. The van der Waals surface area contributed by atoms with Gasteiger partial charge in [-0.05, 0) is 31.7 Å². The molecule has 1 saturated carbocycles. The summed E-state index contributed by atoms with van der Waals surface area (Å²) < 4.78 is 5.06. The Morgan fingerprint density at radius 3 is 2.35 bits per heavy atom. The number of carbonyl (C=O) groups excluding carboxylic acids is 1. The minimum Gasteiger partial charge on any atom is -0.480 e. The average molecular weight is 276 g/mol. The smallest absolute Gasteiger partial charge is 0.328 e. The van der Waals surface area contributed by atoms with Crippen molar-refractivity contribution < 1.29 is 19.4 Å². The Labute approximate surface area is 118 Å². The Kier molecular flexibility index (Phi) is 4.12. The van der Waals surface area contributed by atoms with Crippen molar-refractivity contribution in [1.29, 1.82) is 0 Å². The molecule has 1 aromatic carbocycles. The van der Waals surface area contributed by atoms with E-state index in [1.807, 2.05) is 19.1 Å². The van der Waals surface area contributed by atoms with E-state index in [4.69, 9.17) is 4.74 Å². The molecule has 0 aliphatic heterocycles. The number of esters is 1. The minimum atomic E-state index is -1.56. The van der Waals surface area contributed by atoms with E-state index in [0.29, 0.717) is 17.9 Å². The molecule has 0 amide bonds. The lowest BCUT2D eigenvalue weighted by Crippen LogP contribution is -2.45. The first kappa shape index (κ1) is 14.6. The van der Waals surface area contributed by atoms with Crippen LogP contribution in [0.2, 0.25) is 0 Å². The van der Waals surface area contributed by atoms with Crippen LogP contribution in [0.3, 0.4) is 0 Å². The summed E-state index contributed by atoms with van der Waals surface area (Å²) in [6.45, 7) is 3.80. The first-order valence-corrected chi connectivity index (χ1v) is 6.98. The summed E-state index contributed by atoms with van der Waals surface area (Å²) in [5.41, 5.74) is -0.0190. The number of ether oxygens (including phenoxy) is 1. The maximum Gasteiger partial charge on any atom is 0.328 e. The van der Waals surface area contributed by atoms with Gasteiger partial charge in [-0.1, -0.05) is 42.7 Å². The number of hydrogen-bond donors (Lipinski definition) is 1. The molecule has 0 bridgehead atoms. The van der Waals surface area contributed by atoms with E-state index >= 15 is 0 Å². The molecule has 1 atom stereocenters. The molecular formula is C16H20O4. The molecule has 1 aliphatic rings. The molecule has 1 N–H and O–H groups in total. The molecule has 4 nitrogen and oxygen atoms in total. The number of rotatable bonds is 6. The lowest BCUT2D eigenvalue weighted by Gasteiger charge is -2.27. The van der Waals surface area contributed by atoms with Crippen molar-refractivity contribution in [3.05, 3.63) is 35.4 Å². The van der Waals surface area contributed by atoms with Crippen LogP contribution in [0.4, 0.5) is 0 Å². The zero-order valence-electron chi connectivity index (χ0n) is 11.9. The summed E-state index contributed by atoms with van der Waals surface area (Å²) in [6.07, 6.45) is 2.30. The van der Waals surface area contributed by atoms with Gasteiger partial charge in [0.05, 0.1) is 6.61 Å². The first-order chi connectivity index (χ1) is 9.50. The molecule has 4 heteroatoms. The number of carbonyl (C=O) groups is 2. The lowest BCUT2D eigenvalue weighted by molar-refractivity contribution is -0.162. The van der Waals surface area contributed by atoms with Crippen LogP contribution in [-0.4, -0.2) is 23.7 Å². The Morgan fingerprint density at radius 1 is 1.30 bits per heavy atom. The molecule has 0 saturated heterocycles. The van der Waals surface area contributed by atoms with Gasteiger partial charge < -0.3 is 9.84 Å². The summed E-state index contributed by atoms with van der Waals surface area (Å²) in [5.74, 6) is -1.47. The predicted molar refractivity (Wildman–Crippen MR) is 74.5 cm³/mol. The number of benzene rings is 1. The van der Waals surface area contributed by atoms with Gasteiger partial charge in [0, 0.05) is 0 Å². The van der Waals surface area contributed by atoms with Gasteiger partial charge in [0.2, 0.25) is 0 Å². The summed E-state index contributed by atoms with van der Waals surface area (Å²) in [7, 11) is 0. The molecular weight excluding hydrogens is 256 g/mol.